The average molecular weight is 276 g/mol. The van der Waals surface area contributed by atoms with Gasteiger partial charge in [0.1, 0.15) is 0 Å². The molecule has 1 aliphatic rings. The summed E-state index contributed by atoms with van der Waals surface area (Å²) in [5, 5.41) is 2.69. The van der Waals surface area contributed by atoms with Gasteiger partial charge in [-0.1, -0.05) is 6.07 Å². The molecule has 6 heteroatoms. The number of benzene rings is 1. The zero-order valence-electron chi connectivity index (χ0n) is 11.1. The van der Waals surface area contributed by atoms with Gasteiger partial charge in [-0.15, -0.1) is 0 Å². The van der Waals surface area contributed by atoms with Gasteiger partial charge < -0.3 is 15.8 Å². The third-order valence-corrected chi connectivity index (χ3v) is 3.36. The molecule has 1 aromatic rings. The lowest BCUT2D eigenvalue weighted by atomic mass is 9.94. The van der Waals surface area contributed by atoms with E-state index in [1.54, 1.807) is 18.2 Å². The Balaban J connectivity index is 2.19. The van der Waals surface area contributed by atoms with Crippen LogP contribution < -0.4 is 11.1 Å². The lowest BCUT2D eigenvalue weighted by Crippen LogP contribution is -2.23. The van der Waals surface area contributed by atoms with Crippen molar-refractivity contribution in [2.24, 2.45) is 5.92 Å². The number of rotatable bonds is 3. The molecule has 20 heavy (non-hydrogen) atoms. The molecular weight excluding hydrogens is 260 g/mol. The fourth-order valence-electron chi connectivity index (χ4n) is 2.27. The second-order valence-electron chi connectivity index (χ2n) is 4.70. The third-order valence-electron chi connectivity index (χ3n) is 3.36. The van der Waals surface area contributed by atoms with Gasteiger partial charge in [0.25, 0.3) is 0 Å². The van der Waals surface area contributed by atoms with Crippen molar-refractivity contribution in [2.45, 2.75) is 19.3 Å². The number of hydrogen-bond acceptors (Lipinski definition) is 5. The number of anilines is 2. The Kier molecular flexibility index (Phi) is 4.02. The minimum atomic E-state index is -0.548. The number of fused-ring (bicyclic) bond motifs is 1. The van der Waals surface area contributed by atoms with E-state index in [4.69, 9.17) is 5.73 Å². The first kappa shape index (κ1) is 14.0. The summed E-state index contributed by atoms with van der Waals surface area (Å²) in [6.45, 7) is 0. The predicted molar refractivity (Wildman–Crippen MR) is 73.2 cm³/mol. The molecule has 0 bridgehead atoms. The van der Waals surface area contributed by atoms with Crippen LogP contribution in [0.3, 0.4) is 0 Å². The van der Waals surface area contributed by atoms with Crippen LogP contribution in [0.1, 0.15) is 29.6 Å². The maximum atomic E-state index is 12.2. The molecule has 1 amide bonds. The molecule has 0 unspecified atom stereocenters. The van der Waals surface area contributed by atoms with Gasteiger partial charge in [0, 0.05) is 24.4 Å². The van der Waals surface area contributed by atoms with Gasteiger partial charge in [-0.3, -0.25) is 14.4 Å². The number of carbonyl (C=O) groups is 3. The molecule has 0 radical (unpaired) electrons. The van der Waals surface area contributed by atoms with Crippen LogP contribution in [0.5, 0.6) is 0 Å². The number of methoxy groups -OCH3 is 1. The van der Waals surface area contributed by atoms with Gasteiger partial charge in [0.05, 0.1) is 18.4 Å². The summed E-state index contributed by atoms with van der Waals surface area (Å²) in [5.41, 5.74) is 6.92. The second-order valence-corrected chi connectivity index (χ2v) is 4.70. The van der Waals surface area contributed by atoms with Gasteiger partial charge in [-0.2, -0.15) is 0 Å². The Morgan fingerprint density at radius 1 is 1.45 bits per heavy atom. The van der Waals surface area contributed by atoms with Gasteiger partial charge in [-0.25, -0.2) is 0 Å². The van der Waals surface area contributed by atoms with E-state index in [2.05, 4.69) is 10.1 Å². The topological polar surface area (TPSA) is 98.5 Å². The molecule has 0 aliphatic carbocycles. The van der Waals surface area contributed by atoms with E-state index in [-0.39, 0.29) is 31.0 Å². The molecule has 0 saturated carbocycles. The largest absolute Gasteiger partial charge is 0.469 e. The second kappa shape index (κ2) is 5.73. The zero-order valence-corrected chi connectivity index (χ0v) is 11.1. The van der Waals surface area contributed by atoms with Crippen LogP contribution in [0.2, 0.25) is 0 Å². The van der Waals surface area contributed by atoms with Crippen LogP contribution in [-0.2, 0) is 14.3 Å². The zero-order chi connectivity index (χ0) is 14.7. The van der Waals surface area contributed by atoms with Gasteiger partial charge in [0.15, 0.2) is 5.78 Å². The maximum Gasteiger partial charge on any atom is 0.305 e. The molecule has 1 heterocycles. The minimum Gasteiger partial charge on any atom is -0.469 e. The third kappa shape index (κ3) is 2.79. The summed E-state index contributed by atoms with van der Waals surface area (Å²) in [5.74, 6) is -1.40. The van der Waals surface area contributed by atoms with Crippen LogP contribution in [0.4, 0.5) is 11.4 Å². The van der Waals surface area contributed by atoms with Crippen molar-refractivity contribution in [3.05, 3.63) is 23.8 Å². The number of carbonyl (C=O) groups excluding carboxylic acids is 3. The quantitative estimate of drug-likeness (QED) is 0.641. The number of ketones is 1. The molecule has 106 valence electrons. The monoisotopic (exact) mass is 276 g/mol. The molecule has 1 atom stereocenters. The Morgan fingerprint density at radius 2 is 2.20 bits per heavy atom. The number of nitrogens with one attached hydrogen (secondary N) is 1. The van der Waals surface area contributed by atoms with Crippen molar-refractivity contribution in [1.29, 1.82) is 0 Å². The predicted octanol–water partition coefficient (Wildman–Crippen LogP) is 1.36. The Morgan fingerprint density at radius 3 is 2.90 bits per heavy atom. The Bertz CT molecular complexity index is 568. The summed E-state index contributed by atoms with van der Waals surface area (Å²) in [6, 6.07) is 4.94. The number of hydrogen-bond donors (Lipinski definition) is 2. The SMILES string of the molecule is COC(=O)CC[C@@H]1CC(=O)c2c(N)cccc2NC1=O. The van der Waals surface area contributed by atoms with Crippen molar-refractivity contribution in [3.8, 4) is 0 Å². The number of amides is 1. The van der Waals surface area contributed by atoms with Crippen molar-refractivity contribution >= 4 is 29.0 Å². The Labute approximate surface area is 116 Å². The van der Waals surface area contributed by atoms with E-state index < -0.39 is 11.9 Å². The van der Waals surface area contributed by atoms with E-state index in [1.165, 1.54) is 7.11 Å². The molecule has 1 aliphatic heterocycles. The van der Waals surface area contributed by atoms with Crippen LogP contribution in [-0.4, -0.2) is 24.8 Å². The number of nitrogen functional groups attached to an aromatic ring is 1. The average Bonchev–Trinajstić information content (AvgIpc) is 2.54. The number of ether oxygens (including phenoxy) is 1. The van der Waals surface area contributed by atoms with Crippen molar-refractivity contribution in [3.63, 3.8) is 0 Å². The van der Waals surface area contributed by atoms with E-state index in [9.17, 15) is 14.4 Å². The Hall–Kier alpha value is -2.37. The van der Waals surface area contributed by atoms with Crippen LogP contribution in [0.25, 0.3) is 0 Å². The highest BCUT2D eigenvalue weighted by Gasteiger charge is 2.30. The summed E-state index contributed by atoms with van der Waals surface area (Å²) in [7, 11) is 1.29. The van der Waals surface area contributed by atoms with Gasteiger partial charge in [-0.05, 0) is 18.6 Å². The first-order valence-electron chi connectivity index (χ1n) is 6.32. The van der Waals surface area contributed by atoms with Crippen LogP contribution in [0, 0.1) is 5.92 Å². The summed E-state index contributed by atoms with van der Waals surface area (Å²) >= 11 is 0. The molecule has 2 rings (SSSR count). The highest BCUT2D eigenvalue weighted by molar-refractivity contribution is 6.12. The molecule has 0 fully saturated rings. The number of Topliss-reactive ketones (excluding diaryl/α,β-unsaturated/α-hetero) is 1. The fourth-order valence-corrected chi connectivity index (χ4v) is 2.27. The van der Waals surface area contributed by atoms with Crippen LogP contribution in [0.15, 0.2) is 18.2 Å². The van der Waals surface area contributed by atoms with E-state index in [1.807, 2.05) is 0 Å². The van der Waals surface area contributed by atoms with Crippen molar-refractivity contribution < 1.29 is 19.1 Å². The lowest BCUT2D eigenvalue weighted by molar-refractivity contribution is -0.141. The molecule has 0 saturated heterocycles. The maximum absolute atomic E-state index is 12.2. The molecule has 0 spiro atoms. The van der Waals surface area contributed by atoms with Gasteiger partial charge >= 0.3 is 5.97 Å². The van der Waals surface area contributed by atoms with Crippen molar-refractivity contribution in [1.82, 2.24) is 0 Å². The molecule has 3 N–H and O–H groups in total. The molecule has 0 aromatic heterocycles. The highest BCUT2D eigenvalue weighted by atomic mass is 16.5. The van der Waals surface area contributed by atoms with Gasteiger partial charge in [0.2, 0.25) is 5.91 Å². The smallest absolute Gasteiger partial charge is 0.305 e. The summed E-state index contributed by atoms with van der Waals surface area (Å²) in [6.07, 6.45) is 0.426. The molecular formula is C14H16N2O4. The fraction of sp³-hybridized carbons (Fsp3) is 0.357. The standard InChI is InChI=1S/C14H16N2O4/c1-20-12(18)6-5-8-7-11(17)13-9(15)3-2-4-10(13)16-14(8)19/h2-4,8H,5-7,15H2,1H3,(H,16,19)/t8-/m1/s1. The van der Waals surface area contributed by atoms with Crippen LogP contribution >= 0.6 is 0 Å². The first-order chi connectivity index (χ1) is 9.52. The lowest BCUT2D eigenvalue weighted by Gasteiger charge is -2.11. The van der Waals surface area contributed by atoms with E-state index >= 15 is 0 Å². The highest BCUT2D eigenvalue weighted by Crippen LogP contribution is 2.30. The number of esters is 1. The van der Waals surface area contributed by atoms with Crippen molar-refractivity contribution in [2.75, 3.05) is 18.2 Å². The minimum absolute atomic E-state index is 0.0457. The first-order valence-corrected chi connectivity index (χ1v) is 6.32. The molecule has 6 nitrogen and oxygen atoms in total. The number of nitrogens with two attached hydrogens (primary N) is 1. The summed E-state index contributed by atoms with van der Waals surface area (Å²) < 4.78 is 4.54. The van der Waals surface area contributed by atoms with E-state index in [0.717, 1.165) is 0 Å². The molecule has 1 aromatic carbocycles. The van der Waals surface area contributed by atoms with E-state index in [0.29, 0.717) is 16.9 Å². The normalized spacial score (nSPS) is 17.9. The summed E-state index contributed by atoms with van der Waals surface area (Å²) in [4.78, 5) is 35.4.